The molecule has 0 fully saturated rings. The third kappa shape index (κ3) is 2.85. The zero-order chi connectivity index (χ0) is 12.3. The molecule has 90 valence electrons. The molecule has 1 heterocycles. The van der Waals surface area contributed by atoms with E-state index in [1.165, 1.54) is 5.56 Å². The van der Waals surface area contributed by atoms with Gasteiger partial charge in [0.25, 0.3) is 0 Å². The first-order chi connectivity index (χ1) is 8.22. The van der Waals surface area contributed by atoms with E-state index in [-0.39, 0.29) is 0 Å². The lowest BCUT2D eigenvalue weighted by Gasteiger charge is -2.08. The number of benzene rings is 1. The summed E-state index contributed by atoms with van der Waals surface area (Å²) < 4.78 is 7.15. The summed E-state index contributed by atoms with van der Waals surface area (Å²) >= 11 is 3.36. The predicted octanol–water partition coefficient (Wildman–Crippen LogP) is 2.54. The van der Waals surface area contributed by atoms with Crippen molar-refractivity contribution in [3.63, 3.8) is 0 Å². The van der Waals surface area contributed by atoms with Crippen LogP contribution in [-0.4, -0.2) is 22.1 Å². The molecule has 0 saturated heterocycles. The number of hydrogen-bond acceptors (Lipinski definition) is 3. The molecule has 0 aliphatic rings. The van der Waals surface area contributed by atoms with Crippen LogP contribution in [0.5, 0.6) is 5.75 Å². The second-order valence-electron chi connectivity index (χ2n) is 3.86. The average molecular weight is 296 g/mol. The molecule has 2 aromatic rings. The summed E-state index contributed by atoms with van der Waals surface area (Å²) in [5.74, 6) is 0.881. The molecule has 0 aliphatic heterocycles. The number of alkyl halides is 1. The van der Waals surface area contributed by atoms with Crippen molar-refractivity contribution in [3.05, 3.63) is 41.2 Å². The first-order valence-corrected chi connectivity index (χ1v) is 6.43. The van der Waals surface area contributed by atoms with E-state index in [0.29, 0.717) is 6.54 Å². The fourth-order valence-corrected chi connectivity index (χ4v) is 1.94. The van der Waals surface area contributed by atoms with Gasteiger partial charge in [0.15, 0.2) is 0 Å². The average Bonchev–Trinajstić information content (AvgIpc) is 2.77. The summed E-state index contributed by atoms with van der Waals surface area (Å²) in [5.41, 5.74) is 3.25. The van der Waals surface area contributed by atoms with E-state index in [0.717, 1.165) is 22.3 Å². The molecule has 0 spiro atoms. The van der Waals surface area contributed by atoms with Gasteiger partial charge in [-0.2, -0.15) is 0 Å². The molecule has 0 saturated carbocycles. The molecule has 0 amide bonds. The summed E-state index contributed by atoms with van der Waals surface area (Å²) in [6.45, 7) is 2.74. The number of halogens is 1. The van der Waals surface area contributed by atoms with Crippen LogP contribution in [0.25, 0.3) is 0 Å². The minimum atomic E-state index is 0.671. The highest BCUT2D eigenvalue weighted by molar-refractivity contribution is 9.08. The lowest BCUT2D eigenvalue weighted by molar-refractivity contribution is 0.407. The Hall–Kier alpha value is -1.36. The van der Waals surface area contributed by atoms with Gasteiger partial charge in [0, 0.05) is 17.1 Å². The van der Waals surface area contributed by atoms with Crippen molar-refractivity contribution in [2.24, 2.45) is 0 Å². The number of aromatic nitrogens is 3. The molecule has 1 aromatic heterocycles. The zero-order valence-electron chi connectivity index (χ0n) is 9.85. The van der Waals surface area contributed by atoms with Crippen LogP contribution in [0.2, 0.25) is 0 Å². The summed E-state index contributed by atoms with van der Waals surface area (Å²) in [6, 6.07) is 6.12. The molecule has 2 rings (SSSR count). The van der Waals surface area contributed by atoms with Gasteiger partial charge < -0.3 is 4.74 Å². The van der Waals surface area contributed by atoms with Crippen molar-refractivity contribution >= 4 is 15.9 Å². The van der Waals surface area contributed by atoms with E-state index >= 15 is 0 Å². The number of hydrogen-bond donors (Lipinski definition) is 0. The standard InChI is InChI=1S/C12H14BrN3O/c1-9-3-4-12(17-2)10(5-9)7-16-8-11(6-13)14-15-16/h3-5,8H,6-7H2,1-2H3. The molecule has 1 aromatic carbocycles. The molecular formula is C12H14BrN3O. The van der Waals surface area contributed by atoms with Gasteiger partial charge >= 0.3 is 0 Å². The fourth-order valence-electron chi connectivity index (χ4n) is 1.68. The van der Waals surface area contributed by atoms with Crippen molar-refractivity contribution in [1.29, 1.82) is 0 Å². The maximum absolute atomic E-state index is 5.33. The van der Waals surface area contributed by atoms with Gasteiger partial charge in [-0.3, -0.25) is 0 Å². The Labute approximate surface area is 109 Å². The molecule has 17 heavy (non-hydrogen) atoms. The normalized spacial score (nSPS) is 10.5. The van der Waals surface area contributed by atoms with Crippen molar-refractivity contribution in [3.8, 4) is 5.75 Å². The summed E-state index contributed by atoms with van der Waals surface area (Å²) in [6.07, 6.45) is 1.93. The molecule has 0 radical (unpaired) electrons. The van der Waals surface area contributed by atoms with E-state index in [2.05, 4.69) is 39.2 Å². The fraction of sp³-hybridized carbons (Fsp3) is 0.333. The molecular weight excluding hydrogens is 282 g/mol. The Morgan fingerprint density at radius 2 is 2.24 bits per heavy atom. The van der Waals surface area contributed by atoms with Crippen LogP contribution in [0.3, 0.4) is 0 Å². The lowest BCUT2D eigenvalue weighted by atomic mass is 10.1. The van der Waals surface area contributed by atoms with Crippen LogP contribution in [0, 0.1) is 6.92 Å². The summed E-state index contributed by atoms with van der Waals surface area (Å²) in [4.78, 5) is 0. The van der Waals surface area contributed by atoms with Crippen LogP contribution in [0.4, 0.5) is 0 Å². The summed E-state index contributed by atoms with van der Waals surface area (Å²) in [7, 11) is 1.68. The van der Waals surface area contributed by atoms with Crippen LogP contribution < -0.4 is 4.74 Å². The van der Waals surface area contributed by atoms with Gasteiger partial charge in [0.05, 0.1) is 19.3 Å². The number of rotatable bonds is 4. The van der Waals surface area contributed by atoms with E-state index < -0.39 is 0 Å². The summed E-state index contributed by atoms with van der Waals surface area (Å²) in [5, 5.41) is 8.82. The lowest BCUT2D eigenvalue weighted by Crippen LogP contribution is -2.03. The molecule has 5 heteroatoms. The van der Waals surface area contributed by atoms with Crippen LogP contribution in [0.1, 0.15) is 16.8 Å². The van der Waals surface area contributed by atoms with E-state index in [1.807, 2.05) is 23.0 Å². The molecule has 0 aliphatic carbocycles. The van der Waals surface area contributed by atoms with E-state index in [1.54, 1.807) is 7.11 Å². The Morgan fingerprint density at radius 3 is 2.88 bits per heavy atom. The highest BCUT2D eigenvalue weighted by Gasteiger charge is 2.06. The Bertz CT molecular complexity index is 510. The van der Waals surface area contributed by atoms with Gasteiger partial charge in [-0.1, -0.05) is 38.8 Å². The van der Waals surface area contributed by atoms with E-state index in [9.17, 15) is 0 Å². The molecule has 0 N–H and O–H groups in total. The van der Waals surface area contributed by atoms with Gasteiger partial charge in [-0.05, 0) is 13.0 Å². The molecule has 0 atom stereocenters. The SMILES string of the molecule is COc1ccc(C)cc1Cn1cc(CBr)nn1. The number of aryl methyl sites for hydroxylation is 1. The van der Waals surface area contributed by atoms with Gasteiger partial charge in [-0.15, -0.1) is 5.10 Å². The maximum atomic E-state index is 5.33. The number of nitrogens with zero attached hydrogens (tertiary/aromatic N) is 3. The van der Waals surface area contributed by atoms with Gasteiger partial charge in [0.2, 0.25) is 0 Å². The van der Waals surface area contributed by atoms with Crippen molar-refractivity contribution in [1.82, 2.24) is 15.0 Å². The minimum Gasteiger partial charge on any atom is -0.496 e. The second kappa shape index (κ2) is 5.31. The number of ether oxygens (including phenoxy) is 1. The van der Waals surface area contributed by atoms with Crippen molar-refractivity contribution < 1.29 is 4.74 Å². The third-order valence-electron chi connectivity index (χ3n) is 2.49. The maximum Gasteiger partial charge on any atom is 0.123 e. The highest BCUT2D eigenvalue weighted by Crippen LogP contribution is 2.20. The highest BCUT2D eigenvalue weighted by atomic mass is 79.9. The van der Waals surface area contributed by atoms with Gasteiger partial charge in [0.1, 0.15) is 5.75 Å². The Morgan fingerprint density at radius 1 is 1.41 bits per heavy atom. The zero-order valence-corrected chi connectivity index (χ0v) is 11.4. The van der Waals surface area contributed by atoms with Crippen LogP contribution >= 0.6 is 15.9 Å². The van der Waals surface area contributed by atoms with Gasteiger partial charge in [-0.25, -0.2) is 4.68 Å². The van der Waals surface area contributed by atoms with Crippen molar-refractivity contribution in [2.45, 2.75) is 18.8 Å². The second-order valence-corrected chi connectivity index (χ2v) is 4.42. The minimum absolute atomic E-state index is 0.671. The van der Waals surface area contributed by atoms with E-state index in [4.69, 9.17) is 4.74 Å². The monoisotopic (exact) mass is 295 g/mol. The first kappa shape index (κ1) is 12.1. The molecule has 0 bridgehead atoms. The number of methoxy groups -OCH3 is 1. The Balaban J connectivity index is 2.25. The van der Waals surface area contributed by atoms with Crippen molar-refractivity contribution in [2.75, 3.05) is 7.11 Å². The quantitative estimate of drug-likeness (QED) is 0.814. The molecule has 4 nitrogen and oxygen atoms in total. The Kier molecular flexibility index (Phi) is 3.78. The van der Waals surface area contributed by atoms with Crippen LogP contribution in [-0.2, 0) is 11.9 Å². The smallest absolute Gasteiger partial charge is 0.123 e. The predicted molar refractivity (Wildman–Crippen MR) is 69.5 cm³/mol. The van der Waals surface area contributed by atoms with Crippen LogP contribution in [0.15, 0.2) is 24.4 Å². The first-order valence-electron chi connectivity index (χ1n) is 5.31. The largest absolute Gasteiger partial charge is 0.496 e. The molecule has 0 unspecified atom stereocenters. The topological polar surface area (TPSA) is 39.9 Å². The third-order valence-corrected chi connectivity index (χ3v) is 3.07.